The van der Waals surface area contributed by atoms with Gasteiger partial charge in [-0.15, -0.1) is 11.3 Å². The number of amides is 2. The summed E-state index contributed by atoms with van der Waals surface area (Å²) in [6, 6.07) is 12.3. The van der Waals surface area contributed by atoms with Gasteiger partial charge in [0, 0.05) is 25.5 Å². The van der Waals surface area contributed by atoms with E-state index in [-0.39, 0.29) is 10.8 Å². The molecular weight excluding hydrogens is 538 g/mol. The third kappa shape index (κ3) is 5.49. The number of thiophene rings is 1. The number of benzene rings is 2. The Hall–Kier alpha value is -3.87. The van der Waals surface area contributed by atoms with Crippen LogP contribution in [0.4, 0.5) is 11.4 Å². The van der Waals surface area contributed by atoms with Crippen LogP contribution in [0.1, 0.15) is 40.2 Å². The molecule has 2 aromatic carbocycles. The van der Waals surface area contributed by atoms with Crippen LogP contribution in [0.15, 0.2) is 64.5 Å². The molecule has 2 heterocycles. The van der Waals surface area contributed by atoms with Crippen LogP contribution in [0, 0.1) is 13.8 Å². The van der Waals surface area contributed by atoms with Crippen LogP contribution in [-0.4, -0.2) is 48.2 Å². The van der Waals surface area contributed by atoms with Gasteiger partial charge in [0.2, 0.25) is 15.9 Å². The average molecular weight is 568 g/mol. The Morgan fingerprint density at radius 1 is 1.05 bits per heavy atom. The number of hydrogen-bond acceptors (Lipinski definition) is 7. The van der Waals surface area contributed by atoms with Gasteiger partial charge in [-0.3, -0.25) is 19.0 Å². The normalized spacial score (nSPS) is 12.5. The summed E-state index contributed by atoms with van der Waals surface area (Å²) in [6.45, 7) is 5.36. The standard InChI is InChI=1S/C27H29N5O5S2/c1-6-21(24(33)29-18-11-13-19(14-12-18)39(36,37)31(4)5)32-15-28-26-22(27(32)35)17(3)23(38-26)25(34)30-20-10-8-7-9-16(20)2/h7-15,21H,6H2,1-5H3,(H,29,33)(H,30,34). The maximum atomic E-state index is 13.5. The summed E-state index contributed by atoms with van der Waals surface area (Å²) < 4.78 is 27.0. The van der Waals surface area contributed by atoms with Crippen LogP contribution in [0.25, 0.3) is 10.2 Å². The topological polar surface area (TPSA) is 130 Å². The van der Waals surface area contributed by atoms with Gasteiger partial charge < -0.3 is 10.6 Å². The number of fused-ring (bicyclic) bond motifs is 1. The zero-order chi connectivity index (χ0) is 28.5. The minimum atomic E-state index is -3.60. The van der Waals surface area contributed by atoms with Crippen LogP contribution < -0.4 is 16.2 Å². The van der Waals surface area contributed by atoms with Gasteiger partial charge >= 0.3 is 0 Å². The highest BCUT2D eigenvalue weighted by atomic mass is 32.2. The maximum Gasteiger partial charge on any atom is 0.266 e. The molecule has 4 aromatic rings. The van der Waals surface area contributed by atoms with Crippen molar-refractivity contribution in [1.29, 1.82) is 0 Å². The van der Waals surface area contributed by atoms with E-state index in [2.05, 4.69) is 15.6 Å². The van der Waals surface area contributed by atoms with Gasteiger partial charge in [0.25, 0.3) is 11.5 Å². The van der Waals surface area contributed by atoms with Gasteiger partial charge in [0.05, 0.1) is 21.5 Å². The van der Waals surface area contributed by atoms with Crippen molar-refractivity contribution in [3.05, 3.63) is 81.2 Å². The van der Waals surface area contributed by atoms with Gasteiger partial charge in [-0.25, -0.2) is 17.7 Å². The maximum absolute atomic E-state index is 13.5. The first kappa shape index (κ1) is 28.1. The molecule has 39 heavy (non-hydrogen) atoms. The third-order valence-corrected chi connectivity index (χ3v) is 9.43. The number of para-hydroxylation sites is 1. The van der Waals surface area contributed by atoms with E-state index in [4.69, 9.17) is 0 Å². The molecule has 204 valence electrons. The molecule has 0 radical (unpaired) electrons. The molecule has 0 aliphatic heterocycles. The molecule has 2 aromatic heterocycles. The summed E-state index contributed by atoms with van der Waals surface area (Å²) in [5, 5.41) is 5.93. The minimum Gasteiger partial charge on any atom is -0.324 e. The molecule has 0 saturated heterocycles. The lowest BCUT2D eigenvalue weighted by Gasteiger charge is -2.18. The van der Waals surface area contributed by atoms with Crippen molar-refractivity contribution < 1.29 is 18.0 Å². The number of aryl methyl sites for hydroxylation is 2. The first-order valence-electron chi connectivity index (χ1n) is 12.2. The van der Waals surface area contributed by atoms with Crippen LogP contribution in [-0.2, 0) is 14.8 Å². The summed E-state index contributed by atoms with van der Waals surface area (Å²) in [6.07, 6.45) is 1.62. The predicted molar refractivity (Wildman–Crippen MR) is 153 cm³/mol. The zero-order valence-corrected chi connectivity index (χ0v) is 23.8. The molecule has 1 unspecified atom stereocenters. The lowest BCUT2D eigenvalue weighted by molar-refractivity contribution is -0.119. The summed E-state index contributed by atoms with van der Waals surface area (Å²) in [5.41, 5.74) is 2.06. The van der Waals surface area contributed by atoms with E-state index in [1.807, 2.05) is 25.1 Å². The third-order valence-electron chi connectivity index (χ3n) is 6.40. The highest BCUT2D eigenvalue weighted by Crippen LogP contribution is 2.29. The van der Waals surface area contributed by atoms with Crippen LogP contribution in [0.3, 0.4) is 0 Å². The summed E-state index contributed by atoms with van der Waals surface area (Å²) in [5.74, 6) is -0.783. The molecule has 1 atom stereocenters. The van der Waals surface area contributed by atoms with Crippen molar-refractivity contribution in [2.75, 3.05) is 24.7 Å². The first-order valence-corrected chi connectivity index (χ1v) is 14.4. The summed E-state index contributed by atoms with van der Waals surface area (Å²) in [4.78, 5) is 45.0. The van der Waals surface area contributed by atoms with Crippen molar-refractivity contribution in [2.24, 2.45) is 0 Å². The molecule has 0 saturated carbocycles. The Labute approximate surface area is 230 Å². The van der Waals surface area contributed by atoms with E-state index in [0.29, 0.717) is 38.5 Å². The summed E-state index contributed by atoms with van der Waals surface area (Å²) >= 11 is 1.13. The SMILES string of the molecule is CCC(C(=O)Nc1ccc(S(=O)(=O)N(C)C)cc1)n1cnc2sc(C(=O)Nc3ccccc3C)c(C)c2c1=O. The second-order valence-corrected chi connectivity index (χ2v) is 12.3. The largest absolute Gasteiger partial charge is 0.324 e. The van der Waals surface area contributed by atoms with Crippen molar-refractivity contribution in [1.82, 2.24) is 13.9 Å². The van der Waals surface area contributed by atoms with Crippen LogP contribution in [0.5, 0.6) is 0 Å². The number of nitrogens with one attached hydrogen (secondary N) is 2. The van der Waals surface area contributed by atoms with Crippen molar-refractivity contribution in [2.45, 2.75) is 38.1 Å². The average Bonchev–Trinajstić information content (AvgIpc) is 3.24. The summed E-state index contributed by atoms with van der Waals surface area (Å²) in [7, 11) is -0.724. The molecule has 0 fully saturated rings. The van der Waals surface area contributed by atoms with E-state index in [0.717, 1.165) is 21.2 Å². The molecule has 12 heteroatoms. The van der Waals surface area contributed by atoms with Gasteiger partial charge in [-0.05, 0) is 61.7 Å². The second-order valence-electron chi connectivity index (χ2n) is 9.19. The predicted octanol–water partition coefficient (Wildman–Crippen LogP) is 4.17. The number of hydrogen-bond donors (Lipinski definition) is 2. The molecule has 2 N–H and O–H groups in total. The van der Waals surface area contributed by atoms with Crippen molar-refractivity contribution in [3.8, 4) is 0 Å². The fraction of sp³-hybridized carbons (Fsp3) is 0.259. The highest BCUT2D eigenvalue weighted by Gasteiger charge is 2.25. The smallest absolute Gasteiger partial charge is 0.266 e. The first-order chi connectivity index (χ1) is 18.4. The fourth-order valence-corrected chi connectivity index (χ4v) is 6.06. The van der Waals surface area contributed by atoms with E-state index >= 15 is 0 Å². The molecule has 2 amide bonds. The zero-order valence-electron chi connectivity index (χ0n) is 22.2. The quantitative estimate of drug-likeness (QED) is 0.329. The number of anilines is 2. The number of carbonyl (C=O) groups is 2. The Kier molecular flexibility index (Phi) is 8.00. The van der Waals surface area contributed by atoms with E-state index < -0.39 is 27.5 Å². The fourth-order valence-electron chi connectivity index (χ4n) is 4.12. The van der Waals surface area contributed by atoms with E-state index in [1.54, 1.807) is 19.9 Å². The Balaban J connectivity index is 1.61. The lowest BCUT2D eigenvalue weighted by atomic mass is 10.1. The molecule has 0 aliphatic rings. The second kappa shape index (κ2) is 11.1. The van der Waals surface area contributed by atoms with Crippen molar-refractivity contribution >= 4 is 54.8 Å². The molecule has 0 bridgehead atoms. The number of sulfonamides is 1. The molecule has 10 nitrogen and oxygen atoms in total. The Morgan fingerprint density at radius 2 is 1.72 bits per heavy atom. The number of carbonyl (C=O) groups excluding carboxylic acids is 2. The molecule has 0 spiro atoms. The van der Waals surface area contributed by atoms with Crippen LogP contribution in [0.2, 0.25) is 0 Å². The Morgan fingerprint density at radius 3 is 2.33 bits per heavy atom. The molecular formula is C27H29N5O5S2. The van der Waals surface area contributed by atoms with Crippen molar-refractivity contribution in [3.63, 3.8) is 0 Å². The van der Waals surface area contributed by atoms with Gasteiger partial charge in [-0.1, -0.05) is 25.1 Å². The molecule has 0 aliphatic carbocycles. The Bertz CT molecular complexity index is 1720. The van der Waals surface area contributed by atoms with Gasteiger partial charge in [0.1, 0.15) is 10.9 Å². The minimum absolute atomic E-state index is 0.0959. The number of rotatable bonds is 8. The highest BCUT2D eigenvalue weighted by molar-refractivity contribution is 7.89. The monoisotopic (exact) mass is 567 g/mol. The number of nitrogens with zero attached hydrogens (tertiary/aromatic N) is 3. The van der Waals surface area contributed by atoms with E-state index in [9.17, 15) is 22.8 Å². The van der Waals surface area contributed by atoms with Gasteiger partial charge in [-0.2, -0.15) is 0 Å². The van der Waals surface area contributed by atoms with Gasteiger partial charge in [0.15, 0.2) is 0 Å². The van der Waals surface area contributed by atoms with Crippen LogP contribution >= 0.6 is 11.3 Å². The molecule has 4 rings (SSSR count). The lowest BCUT2D eigenvalue weighted by Crippen LogP contribution is -2.33. The number of aromatic nitrogens is 2. The van der Waals surface area contributed by atoms with E-state index in [1.165, 1.54) is 49.3 Å².